The number of hydrogen-bond donors (Lipinski definition) is 0. The SMILES string of the molecule is CCC(C)(C)CC(COC(C)=O)c1ccc(C(C)(C)C)cc1. The molecule has 0 saturated carbocycles. The summed E-state index contributed by atoms with van der Waals surface area (Å²) >= 11 is 0. The number of ether oxygens (including phenoxy) is 1. The van der Waals surface area contributed by atoms with Crippen LogP contribution in [0.4, 0.5) is 0 Å². The summed E-state index contributed by atoms with van der Waals surface area (Å²) in [4.78, 5) is 11.2. The van der Waals surface area contributed by atoms with E-state index < -0.39 is 0 Å². The maximum absolute atomic E-state index is 11.2. The quantitative estimate of drug-likeness (QED) is 0.653. The molecule has 0 aromatic heterocycles. The third-order valence-corrected chi connectivity index (χ3v) is 4.49. The number of esters is 1. The van der Waals surface area contributed by atoms with Gasteiger partial charge in [-0.15, -0.1) is 0 Å². The van der Waals surface area contributed by atoms with Crippen LogP contribution in [0.1, 0.15) is 78.4 Å². The van der Waals surface area contributed by atoms with E-state index in [2.05, 4.69) is 65.8 Å². The van der Waals surface area contributed by atoms with Crippen molar-refractivity contribution in [2.24, 2.45) is 5.41 Å². The van der Waals surface area contributed by atoms with Gasteiger partial charge in [0, 0.05) is 12.8 Å². The third kappa shape index (κ3) is 5.82. The number of benzene rings is 1. The van der Waals surface area contributed by atoms with Gasteiger partial charge in [0.25, 0.3) is 0 Å². The van der Waals surface area contributed by atoms with Crippen molar-refractivity contribution in [2.45, 2.75) is 72.6 Å². The van der Waals surface area contributed by atoms with Gasteiger partial charge in [0.15, 0.2) is 0 Å². The number of rotatable bonds is 6. The van der Waals surface area contributed by atoms with E-state index in [4.69, 9.17) is 4.74 Å². The van der Waals surface area contributed by atoms with Gasteiger partial charge in [-0.3, -0.25) is 4.79 Å². The Kier molecular flexibility index (Phi) is 6.22. The van der Waals surface area contributed by atoms with Crippen LogP contribution in [0.25, 0.3) is 0 Å². The van der Waals surface area contributed by atoms with E-state index in [1.807, 2.05) is 0 Å². The molecule has 1 rings (SSSR count). The predicted octanol–water partition coefficient (Wildman–Crippen LogP) is 5.46. The van der Waals surface area contributed by atoms with Crippen LogP contribution in [0.15, 0.2) is 24.3 Å². The zero-order valence-corrected chi connectivity index (χ0v) is 15.3. The van der Waals surface area contributed by atoms with Crippen molar-refractivity contribution >= 4 is 5.97 Å². The Morgan fingerprint density at radius 3 is 2.05 bits per heavy atom. The summed E-state index contributed by atoms with van der Waals surface area (Å²) in [5.41, 5.74) is 2.99. The Morgan fingerprint density at radius 1 is 1.09 bits per heavy atom. The molecule has 0 aliphatic rings. The van der Waals surface area contributed by atoms with Gasteiger partial charge < -0.3 is 4.74 Å². The molecule has 1 unspecified atom stereocenters. The monoisotopic (exact) mass is 304 g/mol. The average Bonchev–Trinajstić information content (AvgIpc) is 2.42. The summed E-state index contributed by atoms with van der Waals surface area (Å²) in [5.74, 6) is 0.0542. The zero-order chi connectivity index (χ0) is 17.0. The van der Waals surface area contributed by atoms with Crippen LogP contribution in [-0.4, -0.2) is 12.6 Å². The minimum absolute atomic E-state index is 0.159. The minimum Gasteiger partial charge on any atom is -0.465 e. The van der Waals surface area contributed by atoms with E-state index in [9.17, 15) is 4.79 Å². The highest BCUT2D eigenvalue weighted by atomic mass is 16.5. The fourth-order valence-corrected chi connectivity index (χ4v) is 2.56. The molecular formula is C20H32O2. The molecule has 22 heavy (non-hydrogen) atoms. The maximum Gasteiger partial charge on any atom is 0.302 e. The van der Waals surface area contributed by atoms with Crippen LogP contribution in [0.5, 0.6) is 0 Å². The second-order valence-electron chi connectivity index (χ2n) is 8.09. The second kappa shape index (κ2) is 7.30. The highest BCUT2D eigenvalue weighted by molar-refractivity contribution is 5.65. The largest absolute Gasteiger partial charge is 0.465 e. The van der Waals surface area contributed by atoms with Crippen molar-refractivity contribution in [1.29, 1.82) is 0 Å². The van der Waals surface area contributed by atoms with Gasteiger partial charge in [-0.1, -0.05) is 72.2 Å². The van der Waals surface area contributed by atoms with Crippen molar-refractivity contribution < 1.29 is 9.53 Å². The summed E-state index contributed by atoms with van der Waals surface area (Å²) in [7, 11) is 0. The normalized spacial score (nSPS) is 13.8. The first-order valence-corrected chi connectivity index (χ1v) is 8.29. The lowest BCUT2D eigenvalue weighted by Crippen LogP contribution is -2.20. The zero-order valence-electron chi connectivity index (χ0n) is 15.3. The molecule has 0 spiro atoms. The fraction of sp³-hybridized carbons (Fsp3) is 0.650. The number of carbonyl (C=O) groups excluding carboxylic acids is 1. The third-order valence-electron chi connectivity index (χ3n) is 4.49. The lowest BCUT2D eigenvalue weighted by molar-refractivity contribution is -0.141. The smallest absolute Gasteiger partial charge is 0.302 e. The summed E-state index contributed by atoms with van der Waals surface area (Å²) in [6.45, 7) is 15.4. The van der Waals surface area contributed by atoms with Crippen molar-refractivity contribution in [3.05, 3.63) is 35.4 Å². The molecule has 0 heterocycles. The average molecular weight is 304 g/mol. The molecule has 0 amide bonds. The molecule has 1 aromatic rings. The Hall–Kier alpha value is -1.31. The first kappa shape index (κ1) is 18.7. The van der Waals surface area contributed by atoms with Crippen molar-refractivity contribution in [3.63, 3.8) is 0 Å². The van der Waals surface area contributed by atoms with Gasteiger partial charge in [-0.05, 0) is 28.4 Å². The van der Waals surface area contributed by atoms with E-state index >= 15 is 0 Å². The molecule has 2 heteroatoms. The van der Waals surface area contributed by atoms with E-state index in [0.29, 0.717) is 6.61 Å². The molecule has 1 aromatic carbocycles. The van der Waals surface area contributed by atoms with Gasteiger partial charge in [0.2, 0.25) is 0 Å². The molecule has 124 valence electrons. The number of carbonyl (C=O) groups is 1. The predicted molar refractivity (Wildman–Crippen MR) is 93.2 cm³/mol. The molecule has 0 bridgehead atoms. The lowest BCUT2D eigenvalue weighted by atomic mass is 9.78. The molecule has 0 aliphatic carbocycles. The minimum atomic E-state index is -0.203. The van der Waals surface area contributed by atoms with Gasteiger partial charge in [0.05, 0.1) is 6.61 Å². The summed E-state index contributed by atoms with van der Waals surface area (Å²) in [6.07, 6.45) is 2.13. The first-order valence-electron chi connectivity index (χ1n) is 8.29. The van der Waals surface area contributed by atoms with Crippen LogP contribution in [0.2, 0.25) is 0 Å². The van der Waals surface area contributed by atoms with Gasteiger partial charge >= 0.3 is 5.97 Å². The number of hydrogen-bond acceptors (Lipinski definition) is 2. The van der Waals surface area contributed by atoms with Crippen LogP contribution < -0.4 is 0 Å². The Labute approximate surface area is 136 Å². The highest BCUT2D eigenvalue weighted by Gasteiger charge is 2.24. The maximum atomic E-state index is 11.2. The molecule has 2 nitrogen and oxygen atoms in total. The van der Waals surface area contributed by atoms with Crippen LogP contribution in [0, 0.1) is 5.41 Å². The summed E-state index contributed by atoms with van der Waals surface area (Å²) in [5, 5.41) is 0. The molecule has 1 atom stereocenters. The molecule has 0 aliphatic heterocycles. The van der Waals surface area contributed by atoms with Crippen LogP contribution in [-0.2, 0) is 14.9 Å². The van der Waals surface area contributed by atoms with Crippen molar-refractivity contribution in [3.8, 4) is 0 Å². The molecule has 0 fully saturated rings. The van der Waals surface area contributed by atoms with E-state index in [0.717, 1.165) is 12.8 Å². The van der Waals surface area contributed by atoms with Crippen molar-refractivity contribution in [1.82, 2.24) is 0 Å². The van der Waals surface area contributed by atoms with E-state index in [-0.39, 0.29) is 22.7 Å². The first-order chi connectivity index (χ1) is 10.0. The van der Waals surface area contributed by atoms with Crippen molar-refractivity contribution in [2.75, 3.05) is 6.61 Å². The fourth-order valence-electron chi connectivity index (χ4n) is 2.56. The summed E-state index contributed by atoms with van der Waals surface area (Å²) < 4.78 is 5.31. The molecule has 0 saturated heterocycles. The van der Waals surface area contributed by atoms with Gasteiger partial charge in [-0.2, -0.15) is 0 Å². The second-order valence-corrected chi connectivity index (χ2v) is 8.09. The topological polar surface area (TPSA) is 26.3 Å². The van der Waals surface area contributed by atoms with Crippen LogP contribution in [0.3, 0.4) is 0 Å². The Bertz CT molecular complexity index is 477. The standard InChI is InChI=1S/C20H32O2/c1-8-20(6,7)13-17(14-22-15(2)21)16-9-11-18(12-10-16)19(3,4)5/h9-12,17H,8,13-14H2,1-7H3. The Balaban J connectivity index is 2.97. The molecule has 0 N–H and O–H groups in total. The van der Waals surface area contributed by atoms with E-state index in [1.54, 1.807) is 0 Å². The summed E-state index contributed by atoms with van der Waals surface area (Å²) in [6, 6.07) is 8.80. The van der Waals surface area contributed by atoms with Gasteiger partial charge in [0.1, 0.15) is 0 Å². The highest BCUT2D eigenvalue weighted by Crippen LogP contribution is 2.35. The lowest BCUT2D eigenvalue weighted by Gasteiger charge is -2.29. The van der Waals surface area contributed by atoms with Crippen LogP contribution >= 0.6 is 0 Å². The molecular weight excluding hydrogens is 272 g/mol. The molecule has 0 radical (unpaired) electrons. The van der Waals surface area contributed by atoms with E-state index in [1.165, 1.54) is 18.1 Å². The Morgan fingerprint density at radius 2 is 1.64 bits per heavy atom. The van der Waals surface area contributed by atoms with Gasteiger partial charge in [-0.25, -0.2) is 0 Å².